The Bertz CT molecular complexity index is 1570. The topological polar surface area (TPSA) is 57.3 Å². The molecule has 5 aromatic rings. The molecule has 1 aliphatic rings. The minimum Gasteiger partial charge on any atom is -0.380 e. The number of hydrogen-bond donors (Lipinski definition) is 1. The summed E-state index contributed by atoms with van der Waals surface area (Å²) < 4.78 is 17.3. The van der Waals surface area contributed by atoms with Crippen LogP contribution in [0.15, 0.2) is 165 Å². The maximum absolute atomic E-state index is 12.1. The first-order valence-corrected chi connectivity index (χ1v) is 18.5. The summed E-state index contributed by atoms with van der Waals surface area (Å²) in [5.41, 5.74) is 0.834. The molecule has 7 heteroatoms. The molecule has 0 fully saturated rings. The molecule has 194 valence electrons. The van der Waals surface area contributed by atoms with Gasteiger partial charge in [-0.2, -0.15) is 0 Å². The Hall–Kier alpha value is -3.25. The molecular formula is C32H30N3OP3. The normalized spacial score (nSPS) is 20.1. The average Bonchev–Trinajstić information content (AvgIpc) is 3.02. The SMILES string of the molecule is CP1(C(O)c2ccccc2)=NP(c2ccccc2)(c2ccccc2)=NP(c2ccccc2)(c2ccccc2)=N1. The second-order valence-corrected chi connectivity index (χ2v) is 18.6. The molecule has 39 heavy (non-hydrogen) atoms. The van der Waals surface area contributed by atoms with Crippen LogP contribution in [0.4, 0.5) is 0 Å². The first-order chi connectivity index (χ1) is 19.1. The molecule has 2 unspecified atom stereocenters. The van der Waals surface area contributed by atoms with Crippen molar-refractivity contribution in [2.75, 3.05) is 6.66 Å². The van der Waals surface area contributed by atoms with Crippen molar-refractivity contribution < 1.29 is 5.11 Å². The Kier molecular flexibility index (Phi) is 7.15. The molecule has 1 heterocycles. The molecule has 0 saturated carbocycles. The van der Waals surface area contributed by atoms with E-state index in [4.69, 9.17) is 13.5 Å². The first-order valence-electron chi connectivity index (χ1n) is 12.9. The van der Waals surface area contributed by atoms with Crippen LogP contribution in [0.5, 0.6) is 0 Å². The lowest BCUT2D eigenvalue weighted by Gasteiger charge is -2.38. The van der Waals surface area contributed by atoms with Crippen LogP contribution in [0, 0.1) is 0 Å². The Morgan fingerprint density at radius 3 is 1.10 bits per heavy atom. The smallest absolute Gasteiger partial charge is 0.137 e. The van der Waals surface area contributed by atoms with E-state index in [0.717, 1.165) is 26.8 Å². The number of hydrogen-bond acceptors (Lipinski definition) is 4. The highest BCUT2D eigenvalue weighted by Gasteiger charge is 2.41. The largest absolute Gasteiger partial charge is 0.380 e. The zero-order chi connectivity index (χ0) is 26.8. The summed E-state index contributed by atoms with van der Waals surface area (Å²) in [7, 11) is -8.27. The number of nitrogens with zero attached hydrogens (tertiary/aromatic N) is 3. The van der Waals surface area contributed by atoms with Gasteiger partial charge in [-0.15, -0.1) is 0 Å². The highest BCUT2D eigenvalue weighted by atomic mass is 31.3. The van der Waals surface area contributed by atoms with Crippen LogP contribution in [0.1, 0.15) is 11.4 Å². The minimum atomic E-state index is -2.77. The van der Waals surface area contributed by atoms with E-state index in [-0.39, 0.29) is 0 Å². The fourth-order valence-electron chi connectivity index (χ4n) is 5.03. The van der Waals surface area contributed by atoms with E-state index in [0.29, 0.717) is 0 Å². The van der Waals surface area contributed by atoms with Crippen LogP contribution in [0.2, 0.25) is 0 Å². The first kappa shape index (κ1) is 26.0. The summed E-state index contributed by atoms with van der Waals surface area (Å²) in [5.74, 6) is -0.840. The standard InChI is InChI=1S/C32H30N3OP3/c1-37(32(36)27-17-7-2-8-18-27)33-38(28-19-9-3-10-20-28,29-21-11-4-12-22-29)35-39(34-37,30-23-13-5-14-24-30)31-25-15-6-16-26-31/h2-26,32,36H,1H3. The highest BCUT2D eigenvalue weighted by Crippen LogP contribution is 2.79. The van der Waals surface area contributed by atoms with Crippen LogP contribution < -0.4 is 21.2 Å². The molecule has 6 rings (SSSR count). The fourth-order valence-corrected chi connectivity index (χ4v) is 19.9. The molecule has 1 aliphatic heterocycles. The van der Waals surface area contributed by atoms with E-state index in [1.807, 2.05) is 54.6 Å². The van der Waals surface area contributed by atoms with Gasteiger partial charge >= 0.3 is 0 Å². The van der Waals surface area contributed by atoms with Crippen LogP contribution in [0.25, 0.3) is 0 Å². The van der Waals surface area contributed by atoms with E-state index in [2.05, 4.69) is 104 Å². The lowest BCUT2D eigenvalue weighted by molar-refractivity contribution is 0.262. The predicted octanol–water partition coefficient (Wildman–Crippen LogP) is 7.97. The van der Waals surface area contributed by atoms with Crippen molar-refractivity contribution in [2.24, 2.45) is 13.5 Å². The molecule has 0 amide bonds. The zero-order valence-electron chi connectivity index (χ0n) is 21.6. The Morgan fingerprint density at radius 2 is 0.744 bits per heavy atom. The van der Waals surface area contributed by atoms with E-state index >= 15 is 0 Å². The third-order valence-electron chi connectivity index (χ3n) is 6.91. The maximum Gasteiger partial charge on any atom is 0.137 e. The fraction of sp³-hybridized carbons (Fsp3) is 0.0625. The van der Waals surface area contributed by atoms with Crippen LogP contribution >= 0.6 is 21.6 Å². The lowest BCUT2D eigenvalue weighted by Crippen LogP contribution is -2.21. The van der Waals surface area contributed by atoms with Crippen LogP contribution in [-0.4, -0.2) is 11.8 Å². The van der Waals surface area contributed by atoms with Gasteiger partial charge in [0.25, 0.3) is 0 Å². The molecule has 0 aromatic heterocycles. The van der Waals surface area contributed by atoms with Crippen LogP contribution in [0.3, 0.4) is 0 Å². The summed E-state index contributed by atoms with van der Waals surface area (Å²) in [6.45, 7) is 2.08. The van der Waals surface area contributed by atoms with Gasteiger partial charge in [-0.25, -0.2) is 13.5 Å². The predicted molar refractivity (Wildman–Crippen MR) is 170 cm³/mol. The van der Waals surface area contributed by atoms with Gasteiger partial charge in [-0.3, -0.25) is 0 Å². The maximum atomic E-state index is 12.1. The summed E-state index contributed by atoms with van der Waals surface area (Å²) >= 11 is 0. The molecular weight excluding hydrogens is 535 g/mol. The second-order valence-electron chi connectivity index (χ2n) is 9.58. The number of benzene rings is 5. The van der Waals surface area contributed by atoms with Crippen molar-refractivity contribution in [3.63, 3.8) is 0 Å². The third-order valence-corrected chi connectivity index (χ3v) is 19.2. The van der Waals surface area contributed by atoms with E-state index in [1.54, 1.807) is 0 Å². The van der Waals surface area contributed by atoms with Crippen molar-refractivity contribution in [1.29, 1.82) is 0 Å². The highest BCUT2D eigenvalue weighted by molar-refractivity contribution is 7.97. The van der Waals surface area contributed by atoms with Gasteiger partial charge < -0.3 is 5.11 Å². The van der Waals surface area contributed by atoms with Crippen molar-refractivity contribution in [2.45, 2.75) is 5.85 Å². The van der Waals surface area contributed by atoms with Crippen LogP contribution in [-0.2, 0) is 0 Å². The third kappa shape index (κ3) is 4.73. The van der Waals surface area contributed by atoms with E-state index in [1.165, 1.54) is 0 Å². The van der Waals surface area contributed by atoms with Gasteiger partial charge in [0, 0.05) is 21.2 Å². The number of aliphatic hydroxyl groups excluding tert-OH is 1. The van der Waals surface area contributed by atoms with Crippen molar-refractivity contribution in [3.8, 4) is 0 Å². The summed E-state index contributed by atoms with van der Waals surface area (Å²) in [6, 6.07) is 51.6. The quantitative estimate of drug-likeness (QED) is 0.209. The van der Waals surface area contributed by atoms with Gasteiger partial charge in [0.15, 0.2) is 0 Å². The van der Waals surface area contributed by atoms with Crippen molar-refractivity contribution in [1.82, 2.24) is 0 Å². The number of rotatable bonds is 6. The molecule has 1 N–H and O–H groups in total. The summed E-state index contributed by atoms with van der Waals surface area (Å²) in [6.07, 6.45) is 0. The Balaban J connectivity index is 1.83. The molecule has 0 radical (unpaired) electrons. The monoisotopic (exact) mass is 565 g/mol. The molecule has 0 spiro atoms. The van der Waals surface area contributed by atoms with Gasteiger partial charge in [0.1, 0.15) is 27.5 Å². The molecule has 5 aromatic carbocycles. The van der Waals surface area contributed by atoms with E-state index in [9.17, 15) is 5.11 Å². The Labute approximate surface area is 230 Å². The van der Waals surface area contributed by atoms with Gasteiger partial charge in [-0.1, -0.05) is 152 Å². The molecule has 0 saturated heterocycles. The summed E-state index contributed by atoms with van der Waals surface area (Å²) in [5, 5.41) is 16.4. The second kappa shape index (κ2) is 10.7. The van der Waals surface area contributed by atoms with Gasteiger partial charge in [-0.05, 0) is 12.2 Å². The van der Waals surface area contributed by atoms with Gasteiger partial charge in [0.2, 0.25) is 0 Å². The molecule has 0 aliphatic carbocycles. The molecule has 4 nitrogen and oxygen atoms in total. The van der Waals surface area contributed by atoms with Crippen molar-refractivity contribution >= 4 is 42.8 Å². The Morgan fingerprint density at radius 1 is 0.436 bits per heavy atom. The molecule has 0 bridgehead atoms. The summed E-state index contributed by atoms with van der Waals surface area (Å²) in [4.78, 5) is 0. The lowest BCUT2D eigenvalue weighted by atomic mass is 10.2. The number of aliphatic hydroxyl groups is 1. The zero-order valence-corrected chi connectivity index (χ0v) is 24.3. The van der Waals surface area contributed by atoms with E-state index < -0.39 is 27.5 Å². The van der Waals surface area contributed by atoms with Crippen molar-refractivity contribution in [3.05, 3.63) is 157 Å². The molecule has 2 atom stereocenters. The van der Waals surface area contributed by atoms with Gasteiger partial charge in [0.05, 0.1) is 0 Å². The average molecular weight is 566 g/mol. The minimum absolute atomic E-state index is 0.834.